The molecule has 4 unspecified atom stereocenters. The molecule has 0 aliphatic heterocycles. The van der Waals surface area contributed by atoms with Crippen molar-refractivity contribution >= 4 is 5.97 Å². The van der Waals surface area contributed by atoms with Crippen molar-refractivity contribution in [2.45, 2.75) is 52.1 Å². The Morgan fingerprint density at radius 3 is 2.73 bits per heavy atom. The number of rotatable bonds is 6. The van der Waals surface area contributed by atoms with Crippen LogP contribution in [0.25, 0.3) is 0 Å². The normalized spacial score (nSPS) is 28.3. The Hall–Kier alpha value is -0.570. The van der Waals surface area contributed by atoms with Gasteiger partial charge >= 0.3 is 5.97 Å². The molecule has 0 heterocycles. The Bertz CT molecular complexity index is 218. The van der Waals surface area contributed by atoms with Crippen LogP contribution in [0.1, 0.15) is 40.0 Å². The van der Waals surface area contributed by atoms with Gasteiger partial charge in [0.05, 0.1) is 13.0 Å². The molecule has 0 aromatic heterocycles. The summed E-state index contributed by atoms with van der Waals surface area (Å²) in [5.41, 5.74) is 0. The van der Waals surface area contributed by atoms with Gasteiger partial charge in [-0.05, 0) is 25.7 Å². The summed E-state index contributed by atoms with van der Waals surface area (Å²) in [6.45, 7) is 6.19. The van der Waals surface area contributed by atoms with Gasteiger partial charge in [-0.1, -0.05) is 20.3 Å². The maximum absolute atomic E-state index is 11.3. The zero-order valence-electron chi connectivity index (χ0n) is 10.2. The number of methoxy groups -OCH3 is 1. The van der Waals surface area contributed by atoms with Crippen molar-refractivity contribution in [1.82, 2.24) is 5.32 Å². The lowest BCUT2D eigenvalue weighted by Crippen LogP contribution is -2.38. The van der Waals surface area contributed by atoms with Crippen molar-refractivity contribution in [3.05, 3.63) is 0 Å². The lowest BCUT2D eigenvalue weighted by Gasteiger charge is -2.19. The third-order valence-electron chi connectivity index (χ3n) is 3.38. The lowest BCUT2D eigenvalue weighted by molar-refractivity contribution is -0.145. The minimum atomic E-state index is -0.123. The van der Waals surface area contributed by atoms with Crippen LogP contribution in [0.3, 0.4) is 0 Å². The minimum absolute atomic E-state index is 0.0575. The summed E-state index contributed by atoms with van der Waals surface area (Å²) in [5.74, 6) is 0.655. The molecule has 15 heavy (non-hydrogen) atoms. The molecule has 0 aromatic rings. The van der Waals surface area contributed by atoms with Crippen LogP contribution in [0.15, 0.2) is 0 Å². The summed E-state index contributed by atoms with van der Waals surface area (Å²) in [6, 6.07) is 0.844. The average molecular weight is 213 g/mol. The van der Waals surface area contributed by atoms with Crippen LogP contribution in [0.5, 0.6) is 0 Å². The highest BCUT2D eigenvalue weighted by atomic mass is 16.5. The number of hydrogen-bond donors (Lipinski definition) is 1. The zero-order valence-corrected chi connectivity index (χ0v) is 10.2. The van der Waals surface area contributed by atoms with Gasteiger partial charge in [-0.2, -0.15) is 0 Å². The van der Waals surface area contributed by atoms with Gasteiger partial charge in [0.15, 0.2) is 0 Å². The van der Waals surface area contributed by atoms with Crippen LogP contribution in [0.4, 0.5) is 0 Å². The van der Waals surface area contributed by atoms with Gasteiger partial charge in [-0.3, -0.25) is 4.79 Å². The van der Waals surface area contributed by atoms with E-state index < -0.39 is 0 Å². The molecule has 0 amide bonds. The first-order valence-corrected chi connectivity index (χ1v) is 5.94. The predicted molar refractivity (Wildman–Crippen MR) is 60.6 cm³/mol. The highest BCUT2D eigenvalue weighted by molar-refractivity contribution is 5.72. The molecule has 1 saturated carbocycles. The molecular formula is C12H23NO2. The minimum Gasteiger partial charge on any atom is -0.469 e. The Labute approximate surface area is 92.6 Å². The van der Waals surface area contributed by atoms with Crippen molar-refractivity contribution < 1.29 is 9.53 Å². The van der Waals surface area contributed by atoms with E-state index in [2.05, 4.69) is 19.2 Å². The fourth-order valence-electron chi connectivity index (χ4n) is 2.01. The molecule has 0 radical (unpaired) electrons. The smallest absolute Gasteiger partial charge is 0.309 e. The van der Waals surface area contributed by atoms with E-state index in [1.165, 1.54) is 26.4 Å². The molecule has 3 nitrogen and oxygen atoms in total. The molecule has 4 atom stereocenters. The van der Waals surface area contributed by atoms with E-state index in [0.717, 1.165) is 5.92 Å². The number of esters is 1. The van der Waals surface area contributed by atoms with E-state index in [-0.39, 0.29) is 17.9 Å². The summed E-state index contributed by atoms with van der Waals surface area (Å²) < 4.78 is 4.73. The number of ether oxygens (including phenoxy) is 1. The second kappa shape index (κ2) is 5.50. The average Bonchev–Trinajstić information content (AvgIpc) is 2.94. The van der Waals surface area contributed by atoms with E-state index in [1.54, 1.807) is 0 Å². The first kappa shape index (κ1) is 12.5. The number of carbonyl (C=O) groups excluding carboxylic acids is 1. The van der Waals surface area contributed by atoms with Crippen molar-refractivity contribution in [2.24, 2.45) is 11.8 Å². The standard InChI is InChI=1S/C12H23NO2/c1-5-6-10-7-11(10)13-9(3)8(2)12(14)15-4/h8-11,13H,5-7H2,1-4H3. The topological polar surface area (TPSA) is 38.3 Å². The van der Waals surface area contributed by atoms with Crippen LogP contribution >= 0.6 is 0 Å². The Balaban J connectivity index is 2.25. The summed E-state index contributed by atoms with van der Waals surface area (Å²) in [6.07, 6.45) is 3.83. The van der Waals surface area contributed by atoms with Gasteiger partial charge in [0, 0.05) is 12.1 Å². The predicted octanol–water partition coefficient (Wildman–Crippen LogP) is 1.96. The monoisotopic (exact) mass is 213 g/mol. The maximum atomic E-state index is 11.3. The third kappa shape index (κ3) is 3.49. The number of hydrogen-bond acceptors (Lipinski definition) is 3. The van der Waals surface area contributed by atoms with Gasteiger partial charge in [0.25, 0.3) is 0 Å². The highest BCUT2D eigenvalue weighted by Crippen LogP contribution is 2.35. The molecule has 0 spiro atoms. The fourth-order valence-corrected chi connectivity index (χ4v) is 2.01. The molecular weight excluding hydrogens is 190 g/mol. The Kier molecular flexibility index (Phi) is 4.58. The van der Waals surface area contributed by atoms with Crippen molar-refractivity contribution in [3.63, 3.8) is 0 Å². The summed E-state index contributed by atoms with van der Waals surface area (Å²) >= 11 is 0. The zero-order chi connectivity index (χ0) is 11.4. The first-order valence-electron chi connectivity index (χ1n) is 5.94. The lowest BCUT2D eigenvalue weighted by atomic mass is 10.0. The van der Waals surface area contributed by atoms with E-state index in [0.29, 0.717) is 6.04 Å². The quantitative estimate of drug-likeness (QED) is 0.685. The summed E-state index contributed by atoms with van der Waals surface area (Å²) in [4.78, 5) is 11.3. The molecule has 1 aliphatic carbocycles. The molecule has 1 aliphatic rings. The molecule has 1 rings (SSSR count). The molecule has 1 fully saturated rings. The highest BCUT2D eigenvalue weighted by Gasteiger charge is 2.37. The fraction of sp³-hybridized carbons (Fsp3) is 0.917. The van der Waals surface area contributed by atoms with E-state index in [9.17, 15) is 4.79 Å². The van der Waals surface area contributed by atoms with E-state index in [1.807, 2.05) is 6.92 Å². The molecule has 0 aromatic carbocycles. The maximum Gasteiger partial charge on any atom is 0.309 e. The SMILES string of the molecule is CCCC1CC1NC(C)C(C)C(=O)OC. The molecule has 88 valence electrons. The van der Waals surface area contributed by atoms with Crippen LogP contribution < -0.4 is 5.32 Å². The molecule has 0 saturated heterocycles. The second-order valence-corrected chi connectivity index (χ2v) is 4.66. The van der Waals surface area contributed by atoms with Gasteiger partial charge in [-0.25, -0.2) is 0 Å². The van der Waals surface area contributed by atoms with Gasteiger partial charge in [0.1, 0.15) is 0 Å². The Morgan fingerprint density at radius 1 is 1.53 bits per heavy atom. The van der Waals surface area contributed by atoms with Crippen molar-refractivity contribution in [1.29, 1.82) is 0 Å². The van der Waals surface area contributed by atoms with Crippen molar-refractivity contribution in [2.75, 3.05) is 7.11 Å². The van der Waals surface area contributed by atoms with Crippen molar-refractivity contribution in [3.8, 4) is 0 Å². The van der Waals surface area contributed by atoms with E-state index in [4.69, 9.17) is 4.74 Å². The van der Waals surface area contributed by atoms with Crippen LogP contribution in [-0.4, -0.2) is 25.2 Å². The second-order valence-electron chi connectivity index (χ2n) is 4.66. The number of nitrogens with one attached hydrogen (secondary N) is 1. The summed E-state index contributed by atoms with van der Waals surface area (Å²) in [7, 11) is 1.45. The largest absolute Gasteiger partial charge is 0.469 e. The van der Waals surface area contributed by atoms with Gasteiger partial charge < -0.3 is 10.1 Å². The van der Waals surface area contributed by atoms with Gasteiger partial charge in [-0.15, -0.1) is 0 Å². The van der Waals surface area contributed by atoms with Crippen LogP contribution in [-0.2, 0) is 9.53 Å². The molecule has 1 N–H and O–H groups in total. The molecule has 0 bridgehead atoms. The summed E-state index contributed by atoms with van der Waals surface area (Å²) in [5, 5.41) is 3.50. The number of carbonyl (C=O) groups is 1. The molecule has 3 heteroatoms. The Morgan fingerprint density at radius 2 is 2.20 bits per heavy atom. The third-order valence-corrected chi connectivity index (χ3v) is 3.38. The van der Waals surface area contributed by atoms with Crippen LogP contribution in [0.2, 0.25) is 0 Å². The van der Waals surface area contributed by atoms with E-state index >= 15 is 0 Å². The first-order chi connectivity index (χ1) is 7.10. The van der Waals surface area contributed by atoms with Crippen LogP contribution in [0, 0.1) is 11.8 Å². The van der Waals surface area contributed by atoms with Gasteiger partial charge in [0.2, 0.25) is 0 Å².